The van der Waals surface area contributed by atoms with Gasteiger partial charge in [0.05, 0.1) is 34.6 Å². The first kappa shape index (κ1) is 19.8. The maximum Gasteiger partial charge on any atom is 0.259 e. The smallest absolute Gasteiger partial charge is 0.259 e. The minimum atomic E-state index is -0.175. The van der Waals surface area contributed by atoms with Crippen LogP contribution in [0.1, 0.15) is 52.1 Å². The van der Waals surface area contributed by atoms with Gasteiger partial charge in [-0.1, -0.05) is 35.8 Å². The number of amides is 1. The van der Waals surface area contributed by atoms with E-state index in [0.717, 1.165) is 17.5 Å². The van der Waals surface area contributed by atoms with Crippen molar-refractivity contribution in [3.05, 3.63) is 64.6 Å². The molecule has 0 saturated carbocycles. The summed E-state index contributed by atoms with van der Waals surface area (Å²) in [5.41, 5.74) is 6.41. The second-order valence-electron chi connectivity index (χ2n) is 7.70. The van der Waals surface area contributed by atoms with Gasteiger partial charge in [0.25, 0.3) is 11.6 Å². The van der Waals surface area contributed by atoms with Crippen LogP contribution in [-0.2, 0) is 7.05 Å². The van der Waals surface area contributed by atoms with Crippen LogP contribution in [0.5, 0.6) is 0 Å². The van der Waals surface area contributed by atoms with E-state index in [-0.39, 0.29) is 11.9 Å². The molecular weight excluding hydrogens is 378 g/mol. The molecule has 0 saturated heterocycles. The Bertz CT molecular complexity index is 1240. The van der Waals surface area contributed by atoms with Crippen molar-refractivity contribution in [1.82, 2.24) is 25.2 Å². The fourth-order valence-corrected chi connectivity index (χ4v) is 3.83. The molecule has 0 aliphatic rings. The Morgan fingerprint density at radius 3 is 2.70 bits per heavy atom. The average molecular weight is 403 g/mol. The minimum absolute atomic E-state index is 0.0941. The summed E-state index contributed by atoms with van der Waals surface area (Å²) >= 11 is 0. The lowest BCUT2D eigenvalue weighted by Crippen LogP contribution is -2.29. The number of pyridine rings is 1. The largest absolute Gasteiger partial charge is 0.345 e. The Morgan fingerprint density at radius 2 is 2.03 bits per heavy atom. The Labute approximate surface area is 175 Å². The molecule has 0 radical (unpaired) electrons. The van der Waals surface area contributed by atoms with Crippen molar-refractivity contribution in [3.8, 4) is 11.3 Å². The number of aromatic nitrogens is 4. The van der Waals surface area contributed by atoms with E-state index in [9.17, 15) is 4.79 Å². The molecule has 0 spiro atoms. The Balaban J connectivity index is 1.75. The molecule has 0 aliphatic carbocycles. The second kappa shape index (κ2) is 7.74. The molecule has 1 atom stereocenters. The predicted octanol–water partition coefficient (Wildman–Crippen LogP) is 4.43. The fraction of sp³-hybridized carbons (Fsp3) is 0.304. The van der Waals surface area contributed by atoms with E-state index in [4.69, 9.17) is 4.52 Å². The first-order chi connectivity index (χ1) is 14.4. The van der Waals surface area contributed by atoms with Crippen LogP contribution < -0.4 is 5.32 Å². The van der Waals surface area contributed by atoms with E-state index in [0.29, 0.717) is 28.1 Å². The van der Waals surface area contributed by atoms with E-state index >= 15 is 0 Å². The number of fused-ring (bicyclic) bond motifs is 1. The van der Waals surface area contributed by atoms with E-state index in [2.05, 4.69) is 59.5 Å². The maximum atomic E-state index is 13.4. The lowest BCUT2D eigenvalue weighted by atomic mass is 9.97. The lowest BCUT2D eigenvalue weighted by Gasteiger charge is -2.20. The summed E-state index contributed by atoms with van der Waals surface area (Å²) in [6.07, 6.45) is 4.34. The normalized spacial score (nSPS) is 12.3. The van der Waals surface area contributed by atoms with Gasteiger partial charge in [0.1, 0.15) is 0 Å². The first-order valence-electron chi connectivity index (χ1n) is 10.0. The molecule has 4 rings (SSSR count). The van der Waals surface area contributed by atoms with Crippen molar-refractivity contribution in [3.63, 3.8) is 0 Å². The van der Waals surface area contributed by atoms with Crippen LogP contribution >= 0.6 is 0 Å². The Hall–Kier alpha value is -3.48. The van der Waals surface area contributed by atoms with Crippen LogP contribution in [0.2, 0.25) is 0 Å². The molecule has 1 amide bonds. The third-order valence-electron chi connectivity index (χ3n) is 5.38. The van der Waals surface area contributed by atoms with Crippen LogP contribution in [0.15, 0.2) is 41.2 Å². The second-order valence-corrected chi connectivity index (χ2v) is 7.70. The Morgan fingerprint density at radius 1 is 1.23 bits per heavy atom. The number of carbonyl (C=O) groups is 1. The summed E-state index contributed by atoms with van der Waals surface area (Å²) in [4.78, 5) is 17.9. The molecule has 1 aromatic carbocycles. The van der Waals surface area contributed by atoms with Gasteiger partial charge in [-0.25, -0.2) is 4.98 Å². The number of carbonyl (C=O) groups excluding carboxylic acids is 1. The first-order valence-corrected chi connectivity index (χ1v) is 10.0. The van der Waals surface area contributed by atoms with Gasteiger partial charge in [0.15, 0.2) is 0 Å². The number of nitrogens with zero attached hydrogens (tertiary/aromatic N) is 4. The number of aryl methyl sites for hydroxylation is 4. The van der Waals surface area contributed by atoms with Gasteiger partial charge in [-0.05, 0) is 44.4 Å². The van der Waals surface area contributed by atoms with E-state index in [1.54, 1.807) is 16.9 Å². The molecule has 0 bridgehead atoms. The van der Waals surface area contributed by atoms with Crippen LogP contribution in [0.4, 0.5) is 0 Å². The zero-order valence-corrected chi connectivity index (χ0v) is 17.9. The fourth-order valence-electron chi connectivity index (χ4n) is 3.83. The highest BCUT2D eigenvalue weighted by Crippen LogP contribution is 2.28. The predicted molar refractivity (Wildman–Crippen MR) is 115 cm³/mol. The summed E-state index contributed by atoms with van der Waals surface area (Å²) in [7, 11) is 1.84. The van der Waals surface area contributed by atoms with Gasteiger partial charge >= 0.3 is 0 Å². The molecule has 154 valence electrons. The van der Waals surface area contributed by atoms with Crippen molar-refractivity contribution in [1.29, 1.82) is 0 Å². The molecule has 30 heavy (non-hydrogen) atoms. The molecule has 7 nitrogen and oxygen atoms in total. The number of hydrogen-bond donors (Lipinski definition) is 1. The highest BCUT2D eigenvalue weighted by Gasteiger charge is 2.22. The molecule has 0 fully saturated rings. The van der Waals surface area contributed by atoms with Crippen molar-refractivity contribution in [2.45, 2.75) is 40.2 Å². The molecular formula is C23H25N5O2. The zero-order chi connectivity index (χ0) is 21.4. The lowest BCUT2D eigenvalue weighted by molar-refractivity contribution is 0.0937. The summed E-state index contributed by atoms with van der Waals surface area (Å²) in [5.74, 6) is -0.175. The standard InChI is InChI=1S/C23H25N5O2/c1-6-19(17-8-7-13(2)9-14(17)3)25-22(29)18-10-20(16-11-24-28(5)12-16)26-23-21(18)15(4)27-30-23/h7-12,19H,6H2,1-5H3,(H,25,29)/t19-/m1/s1. The number of hydrogen-bond acceptors (Lipinski definition) is 5. The van der Waals surface area contributed by atoms with Gasteiger partial charge in [-0.3, -0.25) is 9.48 Å². The van der Waals surface area contributed by atoms with E-state index < -0.39 is 0 Å². The van der Waals surface area contributed by atoms with E-state index in [1.807, 2.05) is 20.2 Å². The molecule has 1 N–H and O–H groups in total. The van der Waals surface area contributed by atoms with Gasteiger partial charge in [-0.15, -0.1) is 0 Å². The van der Waals surface area contributed by atoms with Crippen molar-refractivity contribution in [2.75, 3.05) is 0 Å². The third-order valence-corrected chi connectivity index (χ3v) is 5.38. The average Bonchev–Trinajstić information content (AvgIpc) is 3.31. The van der Waals surface area contributed by atoms with Gasteiger partial charge in [0, 0.05) is 18.8 Å². The summed E-state index contributed by atoms with van der Waals surface area (Å²) in [6, 6.07) is 8.00. The Kier molecular flexibility index (Phi) is 5.11. The number of benzene rings is 1. The van der Waals surface area contributed by atoms with Crippen LogP contribution in [0.25, 0.3) is 22.4 Å². The summed E-state index contributed by atoms with van der Waals surface area (Å²) in [6.45, 7) is 8.03. The summed E-state index contributed by atoms with van der Waals surface area (Å²) < 4.78 is 7.08. The molecule has 0 aliphatic heterocycles. The zero-order valence-electron chi connectivity index (χ0n) is 17.9. The van der Waals surface area contributed by atoms with Crippen molar-refractivity contribution >= 4 is 17.0 Å². The van der Waals surface area contributed by atoms with Crippen molar-refractivity contribution < 1.29 is 9.32 Å². The van der Waals surface area contributed by atoms with Crippen molar-refractivity contribution in [2.24, 2.45) is 7.05 Å². The van der Waals surface area contributed by atoms with Gasteiger partial charge in [-0.2, -0.15) is 5.10 Å². The maximum absolute atomic E-state index is 13.4. The monoisotopic (exact) mass is 403 g/mol. The van der Waals surface area contributed by atoms with E-state index in [1.165, 1.54) is 11.1 Å². The number of rotatable bonds is 5. The quantitative estimate of drug-likeness (QED) is 0.533. The van der Waals surface area contributed by atoms with Crippen LogP contribution in [0, 0.1) is 20.8 Å². The molecule has 4 aromatic rings. The molecule has 3 aromatic heterocycles. The molecule has 7 heteroatoms. The number of nitrogens with one attached hydrogen (secondary N) is 1. The highest BCUT2D eigenvalue weighted by atomic mass is 16.5. The van der Waals surface area contributed by atoms with Gasteiger partial charge < -0.3 is 9.84 Å². The highest BCUT2D eigenvalue weighted by molar-refractivity contribution is 6.07. The third kappa shape index (κ3) is 3.58. The molecule has 3 heterocycles. The van der Waals surface area contributed by atoms with Crippen LogP contribution in [0.3, 0.4) is 0 Å². The van der Waals surface area contributed by atoms with Gasteiger partial charge in [0.2, 0.25) is 0 Å². The molecule has 0 unspecified atom stereocenters. The topological polar surface area (TPSA) is 85.8 Å². The van der Waals surface area contributed by atoms with Crippen LogP contribution in [-0.4, -0.2) is 25.8 Å². The minimum Gasteiger partial charge on any atom is -0.345 e. The SMILES string of the molecule is CC[C@@H](NC(=O)c1cc(-c2cnn(C)c2)nc2onc(C)c12)c1ccc(C)cc1C. The summed E-state index contributed by atoms with van der Waals surface area (Å²) in [5, 5.41) is 12.1.